The summed E-state index contributed by atoms with van der Waals surface area (Å²) in [6.45, 7) is 6.15. The fourth-order valence-corrected chi connectivity index (χ4v) is 3.94. The first-order valence-electron chi connectivity index (χ1n) is 10.9. The maximum absolute atomic E-state index is 14.7. The zero-order chi connectivity index (χ0) is 24.5. The summed E-state index contributed by atoms with van der Waals surface area (Å²) >= 11 is 5.92. The molecular weight excluding hydrogens is 461 g/mol. The topological polar surface area (TPSA) is 109 Å². The summed E-state index contributed by atoms with van der Waals surface area (Å²) in [5, 5.41) is 12.4. The van der Waals surface area contributed by atoms with Gasteiger partial charge in [0.05, 0.1) is 40.3 Å². The van der Waals surface area contributed by atoms with E-state index in [1.165, 1.54) is 12.4 Å². The van der Waals surface area contributed by atoms with Crippen LogP contribution in [0.25, 0.3) is 11.0 Å². The van der Waals surface area contributed by atoms with Gasteiger partial charge in [-0.3, -0.25) is 0 Å². The van der Waals surface area contributed by atoms with Crippen molar-refractivity contribution in [3.05, 3.63) is 47.0 Å². The fourth-order valence-electron chi connectivity index (χ4n) is 3.84. The van der Waals surface area contributed by atoms with Gasteiger partial charge in [-0.25, -0.2) is 24.1 Å². The average Bonchev–Trinajstić information content (AvgIpc) is 3.13. The van der Waals surface area contributed by atoms with Crippen LogP contribution in [0.2, 0.25) is 5.02 Å². The number of nitrogens with one attached hydrogen (secondary N) is 1. The van der Waals surface area contributed by atoms with Gasteiger partial charge in [0.15, 0.2) is 0 Å². The lowest BCUT2D eigenvalue weighted by Gasteiger charge is -2.36. The largest absolute Gasteiger partial charge is 0.444 e. The highest BCUT2D eigenvalue weighted by molar-refractivity contribution is 6.30. The van der Waals surface area contributed by atoms with Crippen LogP contribution in [0.1, 0.15) is 38.6 Å². The maximum Gasteiger partial charge on any atom is 0.408 e. The van der Waals surface area contributed by atoms with E-state index in [-0.39, 0.29) is 19.5 Å². The standard InChI is InChI=1S/C23H25ClFN7O2/c1-23(2,3)34-22(33)30-18-12-31(7-6-16(18)25)21-29-17-5-4-14(9-26)8-19(17)32(21)13-20-27-10-15(24)11-28-20/h4-5,8,10-11,16,18H,6-7,12-13H2,1-3H3,(H,30,33)/t16-,18-/m1/s1. The molecule has 0 bridgehead atoms. The molecule has 1 amide bonds. The Kier molecular flexibility index (Phi) is 6.57. The SMILES string of the molecule is CC(C)(C)OC(=O)N[C@@H]1CN(c2nc3ccc(C#N)cc3n2Cc2ncc(Cl)cn2)CC[C@H]1F. The van der Waals surface area contributed by atoms with Crippen molar-refractivity contribution in [3.63, 3.8) is 0 Å². The Morgan fingerprint density at radius 3 is 2.76 bits per heavy atom. The zero-order valence-electron chi connectivity index (χ0n) is 19.1. The number of rotatable bonds is 4. The summed E-state index contributed by atoms with van der Waals surface area (Å²) in [5.74, 6) is 1.09. The van der Waals surface area contributed by atoms with Crippen molar-refractivity contribution in [1.82, 2.24) is 24.8 Å². The normalized spacial score (nSPS) is 18.5. The molecule has 11 heteroatoms. The van der Waals surface area contributed by atoms with Crippen LogP contribution in [0.3, 0.4) is 0 Å². The molecule has 9 nitrogen and oxygen atoms in total. The molecular formula is C23H25ClFN7O2. The number of benzene rings is 1. The van der Waals surface area contributed by atoms with Crippen LogP contribution in [-0.2, 0) is 11.3 Å². The Morgan fingerprint density at radius 1 is 1.35 bits per heavy atom. The molecule has 0 radical (unpaired) electrons. The predicted octanol–water partition coefficient (Wildman–Crippen LogP) is 3.84. The molecule has 0 unspecified atom stereocenters. The van der Waals surface area contributed by atoms with E-state index in [0.717, 1.165) is 5.52 Å². The van der Waals surface area contributed by atoms with Gasteiger partial charge in [-0.2, -0.15) is 5.26 Å². The number of hydrogen-bond donors (Lipinski definition) is 1. The van der Waals surface area contributed by atoms with Crippen molar-refractivity contribution in [2.45, 2.75) is 51.6 Å². The minimum Gasteiger partial charge on any atom is -0.444 e. The Labute approximate surface area is 201 Å². The molecule has 3 heterocycles. The van der Waals surface area contributed by atoms with Crippen LogP contribution in [0, 0.1) is 11.3 Å². The van der Waals surface area contributed by atoms with Crippen molar-refractivity contribution in [2.24, 2.45) is 0 Å². The van der Waals surface area contributed by atoms with Crippen molar-refractivity contribution in [3.8, 4) is 6.07 Å². The summed E-state index contributed by atoms with van der Waals surface area (Å²) in [4.78, 5) is 27.5. The van der Waals surface area contributed by atoms with Crippen LogP contribution in [0.15, 0.2) is 30.6 Å². The maximum atomic E-state index is 14.7. The summed E-state index contributed by atoms with van der Waals surface area (Å²) < 4.78 is 21.9. The molecule has 34 heavy (non-hydrogen) atoms. The summed E-state index contributed by atoms with van der Waals surface area (Å²) in [5.41, 5.74) is 1.22. The number of amides is 1. The number of carbonyl (C=O) groups is 1. The molecule has 1 aromatic carbocycles. The molecule has 1 aliphatic rings. The number of nitriles is 1. The molecule has 1 aliphatic heterocycles. The highest BCUT2D eigenvalue weighted by Gasteiger charge is 2.34. The summed E-state index contributed by atoms with van der Waals surface area (Å²) in [6.07, 6.45) is 1.36. The van der Waals surface area contributed by atoms with Gasteiger partial charge >= 0.3 is 6.09 Å². The number of nitrogens with zero attached hydrogens (tertiary/aromatic N) is 6. The molecule has 0 saturated carbocycles. The van der Waals surface area contributed by atoms with Crippen molar-refractivity contribution in [2.75, 3.05) is 18.0 Å². The van der Waals surface area contributed by atoms with Crippen molar-refractivity contribution >= 4 is 34.7 Å². The molecule has 2 atom stereocenters. The summed E-state index contributed by atoms with van der Waals surface area (Å²) in [6, 6.07) is 6.60. The number of ether oxygens (including phenoxy) is 1. The lowest BCUT2D eigenvalue weighted by atomic mass is 10.0. The quantitative estimate of drug-likeness (QED) is 0.597. The minimum absolute atomic E-state index is 0.205. The van der Waals surface area contributed by atoms with Gasteiger partial charge in [-0.05, 0) is 45.4 Å². The van der Waals surface area contributed by atoms with Crippen LogP contribution >= 0.6 is 11.6 Å². The highest BCUT2D eigenvalue weighted by Crippen LogP contribution is 2.28. The lowest BCUT2D eigenvalue weighted by Crippen LogP contribution is -2.55. The third-order valence-corrected chi connectivity index (χ3v) is 5.54. The number of imidazole rings is 1. The smallest absolute Gasteiger partial charge is 0.408 e. The van der Waals surface area contributed by atoms with Gasteiger partial charge in [0.2, 0.25) is 5.95 Å². The first-order valence-corrected chi connectivity index (χ1v) is 11.3. The number of hydrogen-bond acceptors (Lipinski definition) is 7. The van der Waals surface area contributed by atoms with E-state index in [1.807, 2.05) is 9.47 Å². The Bertz CT molecular complexity index is 1230. The number of piperidine rings is 1. The summed E-state index contributed by atoms with van der Waals surface area (Å²) in [7, 11) is 0. The van der Waals surface area contributed by atoms with Crippen molar-refractivity contribution < 1.29 is 13.9 Å². The second-order valence-corrected chi connectivity index (χ2v) is 9.57. The molecule has 0 aliphatic carbocycles. The molecule has 4 rings (SSSR count). The molecule has 0 spiro atoms. The van der Waals surface area contributed by atoms with Gasteiger partial charge in [-0.1, -0.05) is 11.6 Å². The lowest BCUT2D eigenvalue weighted by molar-refractivity contribution is 0.0465. The Morgan fingerprint density at radius 2 is 2.09 bits per heavy atom. The first-order chi connectivity index (χ1) is 16.1. The number of alkyl carbamates (subject to hydrolysis) is 1. The number of carbonyl (C=O) groups excluding carboxylic acids is 1. The molecule has 1 saturated heterocycles. The van der Waals surface area contributed by atoms with Gasteiger partial charge in [0.25, 0.3) is 0 Å². The number of fused-ring (bicyclic) bond motifs is 1. The molecule has 2 aromatic heterocycles. The molecule has 1 fully saturated rings. The number of anilines is 1. The van der Waals surface area contributed by atoms with E-state index in [0.29, 0.717) is 34.4 Å². The number of halogens is 2. The van der Waals surface area contributed by atoms with E-state index >= 15 is 0 Å². The fraction of sp³-hybridized carbons (Fsp3) is 0.435. The van der Waals surface area contributed by atoms with Gasteiger partial charge in [0, 0.05) is 25.5 Å². The van der Waals surface area contributed by atoms with E-state index in [4.69, 9.17) is 21.3 Å². The predicted molar refractivity (Wildman–Crippen MR) is 125 cm³/mol. The number of alkyl halides is 1. The van der Waals surface area contributed by atoms with Crippen LogP contribution in [-0.4, -0.2) is 56.5 Å². The second kappa shape index (κ2) is 9.43. The van der Waals surface area contributed by atoms with E-state index in [1.54, 1.807) is 39.0 Å². The molecule has 3 aromatic rings. The zero-order valence-corrected chi connectivity index (χ0v) is 19.9. The number of aromatic nitrogens is 4. The van der Waals surface area contributed by atoms with Crippen LogP contribution in [0.4, 0.5) is 15.1 Å². The van der Waals surface area contributed by atoms with Gasteiger partial charge in [-0.15, -0.1) is 0 Å². The van der Waals surface area contributed by atoms with Gasteiger partial charge < -0.3 is 19.5 Å². The minimum atomic E-state index is -1.22. The Balaban J connectivity index is 1.66. The highest BCUT2D eigenvalue weighted by atomic mass is 35.5. The van der Waals surface area contributed by atoms with E-state index in [2.05, 4.69) is 21.4 Å². The van der Waals surface area contributed by atoms with Crippen LogP contribution < -0.4 is 10.2 Å². The molecule has 1 N–H and O–H groups in total. The Hall–Kier alpha value is -3.45. The second-order valence-electron chi connectivity index (χ2n) is 9.13. The van der Waals surface area contributed by atoms with Gasteiger partial charge in [0.1, 0.15) is 17.6 Å². The third kappa shape index (κ3) is 5.37. The van der Waals surface area contributed by atoms with E-state index < -0.39 is 23.9 Å². The monoisotopic (exact) mass is 485 g/mol. The molecule has 178 valence electrons. The average molecular weight is 486 g/mol. The van der Waals surface area contributed by atoms with Crippen molar-refractivity contribution in [1.29, 1.82) is 5.26 Å². The third-order valence-electron chi connectivity index (χ3n) is 5.34. The first kappa shape index (κ1) is 23.7. The van der Waals surface area contributed by atoms with E-state index in [9.17, 15) is 14.4 Å². The van der Waals surface area contributed by atoms with Crippen LogP contribution in [0.5, 0.6) is 0 Å².